The topological polar surface area (TPSA) is 49.8 Å². The van der Waals surface area contributed by atoms with Crippen molar-refractivity contribution >= 4 is 5.91 Å². The van der Waals surface area contributed by atoms with Gasteiger partial charge in [0.2, 0.25) is 0 Å². The van der Waals surface area contributed by atoms with Crippen LogP contribution >= 0.6 is 0 Å². The van der Waals surface area contributed by atoms with E-state index in [9.17, 15) is 14.3 Å². The minimum absolute atomic E-state index is 0.0258. The standard InChI is InChI=1S/C23H26FNO3/c1-15-8-19(24)10-21(9-15)28-14-17-4-2-16(3-5-17)12-25-13-18-6-7-20(26)11-22(18)23(25)27/h6-11,16-17,26H,2-5,12-14H2,1H3/t16-,17-. The minimum Gasteiger partial charge on any atom is -0.508 e. The molecule has 0 aromatic heterocycles. The third kappa shape index (κ3) is 4.13. The molecule has 1 saturated carbocycles. The fourth-order valence-electron chi connectivity index (χ4n) is 4.39. The molecule has 0 saturated heterocycles. The molecule has 4 rings (SSSR count). The summed E-state index contributed by atoms with van der Waals surface area (Å²) in [6.07, 6.45) is 4.27. The molecule has 1 heterocycles. The zero-order valence-corrected chi connectivity index (χ0v) is 16.2. The number of hydrogen-bond donors (Lipinski definition) is 1. The van der Waals surface area contributed by atoms with E-state index in [2.05, 4.69) is 0 Å². The number of hydrogen-bond acceptors (Lipinski definition) is 3. The van der Waals surface area contributed by atoms with E-state index in [1.807, 2.05) is 24.0 Å². The molecular weight excluding hydrogens is 357 g/mol. The maximum Gasteiger partial charge on any atom is 0.254 e. The van der Waals surface area contributed by atoms with Gasteiger partial charge in [-0.15, -0.1) is 0 Å². The van der Waals surface area contributed by atoms with Crippen LogP contribution in [0, 0.1) is 24.6 Å². The smallest absolute Gasteiger partial charge is 0.254 e. The van der Waals surface area contributed by atoms with Crippen LogP contribution in [0.25, 0.3) is 0 Å². The van der Waals surface area contributed by atoms with E-state index in [1.165, 1.54) is 12.1 Å². The number of carbonyl (C=O) groups is 1. The first kappa shape index (κ1) is 18.8. The third-order valence-corrected chi connectivity index (χ3v) is 5.92. The monoisotopic (exact) mass is 383 g/mol. The van der Waals surface area contributed by atoms with Crippen LogP contribution < -0.4 is 4.74 Å². The van der Waals surface area contributed by atoms with Crippen molar-refractivity contribution in [2.45, 2.75) is 39.2 Å². The molecule has 148 valence electrons. The average molecular weight is 383 g/mol. The van der Waals surface area contributed by atoms with Crippen molar-refractivity contribution in [2.75, 3.05) is 13.2 Å². The number of amides is 1. The number of ether oxygens (including phenoxy) is 1. The van der Waals surface area contributed by atoms with Crippen molar-refractivity contribution in [3.05, 3.63) is 58.9 Å². The maximum absolute atomic E-state index is 13.5. The Bertz CT molecular complexity index is 854. The van der Waals surface area contributed by atoms with Gasteiger partial charge >= 0.3 is 0 Å². The van der Waals surface area contributed by atoms with Gasteiger partial charge in [-0.2, -0.15) is 0 Å². The van der Waals surface area contributed by atoms with E-state index in [0.29, 0.717) is 36.3 Å². The molecule has 2 aliphatic rings. The molecule has 0 spiro atoms. The van der Waals surface area contributed by atoms with Crippen LogP contribution in [0.5, 0.6) is 11.5 Å². The molecule has 0 bridgehead atoms. The summed E-state index contributed by atoms with van der Waals surface area (Å²) in [5.74, 6) is 1.48. The number of rotatable bonds is 5. The van der Waals surface area contributed by atoms with Crippen molar-refractivity contribution in [3.8, 4) is 11.5 Å². The lowest BCUT2D eigenvalue weighted by Crippen LogP contribution is -2.32. The molecule has 1 aliphatic heterocycles. The van der Waals surface area contributed by atoms with Crippen molar-refractivity contribution in [1.82, 2.24) is 4.90 Å². The molecule has 1 aliphatic carbocycles. The Morgan fingerprint density at radius 1 is 1.11 bits per heavy atom. The second-order valence-corrected chi connectivity index (χ2v) is 8.19. The zero-order chi connectivity index (χ0) is 19.7. The Balaban J connectivity index is 1.25. The van der Waals surface area contributed by atoms with E-state index < -0.39 is 0 Å². The van der Waals surface area contributed by atoms with Crippen LogP contribution in [0.2, 0.25) is 0 Å². The lowest BCUT2D eigenvalue weighted by Gasteiger charge is -2.31. The lowest BCUT2D eigenvalue weighted by molar-refractivity contribution is 0.0721. The number of carbonyl (C=O) groups excluding carboxylic acids is 1. The first-order valence-corrected chi connectivity index (χ1v) is 9.99. The number of phenolic OH excluding ortho intramolecular Hbond substituents is 1. The van der Waals surface area contributed by atoms with Gasteiger partial charge in [0.05, 0.1) is 6.61 Å². The summed E-state index contributed by atoms with van der Waals surface area (Å²) >= 11 is 0. The molecule has 2 aromatic carbocycles. The highest BCUT2D eigenvalue weighted by atomic mass is 19.1. The first-order valence-electron chi connectivity index (χ1n) is 9.99. The number of nitrogens with zero attached hydrogens (tertiary/aromatic N) is 1. The normalized spacial score (nSPS) is 21.6. The van der Waals surface area contributed by atoms with Crippen molar-refractivity contribution in [3.63, 3.8) is 0 Å². The summed E-state index contributed by atoms with van der Waals surface area (Å²) in [7, 11) is 0. The fraction of sp³-hybridized carbons (Fsp3) is 0.435. The van der Waals surface area contributed by atoms with Crippen molar-refractivity contribution < 1.29 is 19.0 Å². The summed E-state index contributed by atoms with van der Waals surface area (Å²) in [4.78, 5) is 14.5. The van der Waals surface area contributed by atoms with E-state index in [-0.39, 0.29) is 17.5 Å². The Morgan fingerprint density at radius 2 is 1.86 bits per heavy atom. The summed E-state index contributed by atoms with van der Waals surface area (Å²) in [6, 6.07) is 9.85. The molecule has 1 amide bonds. The minimum atomic E-state index is -0.261. The Morgan fingerprint density at radius 3 is 2.61 bits per heavy atom. The number of fused-ring (bicyclic) bond motifs is 1. The molecule has 0 atom stereocenters. The Hall–Kier alpha value is -2.56. The molecule has 1 fully saturated rings. The molecular formula is C23H26FNO3. The van der Waals surface area contributed by atoms with E-state index >= 15 is 0 Å². The van der Waals surface area contributed by atoms with Gasteiger partial charge in [-0.25, -0.2) is 4.39 Å². The highest BCUT2D eigenvalue weighted by Gasteiger charge is 2.31. The van der Waals surface area contributed by atoms with Gasteiger partial charge in [-0.1, -0.05) is 6.07 Å². The van der Waals surface area contributed by atoms with Gasteiger partial charge in [0, 0.05) is 24.7 Å². The number of benzene rings is 2. The summed E-state index contributed by atoms with van der Waals surface area (Å²) in [6.45, 7) is 3.88. The van der Waals surface area contributed by atoms with Gasteiger partial charge in [-0.3, -0.25) is 4.79 Å². The lowest BCUT2D eigenvalue weighted by atomic mass is 9.82. The number of aryl methyl sites for hydroxylation is 1. The van der Waals surface area contributed by atoms with Crippen LogP contribution in [0.1, 0.15) is 47.2 Å². The second kappa shape index (κ2) is 7.82. The average Bonchev–Trinajstić information content (AvgIpc) is 2.96. The van der Waals surface area contributed by atoms with Gasteiger partial charge in [-0.05, 0) is 79.8 Å². The van der Waals surface area contributed by atoms with Crippen LogP contribution in [0.4, 0.5) is 4.39 Å². The number of aromatic hydroxyl groups is 1. The molecule has 2 aromatic rings. The van der Waals surface area contributed by atoms with Crippen LogP contribution in [0.15, 0.2) is 36.4 Å². The molecule has 4 nitrogen and oxygen atoms in total. The largest absolute Gasteiger partial charge is 0.508 e. The highest BCUT2D eigenvalue weighted by Crippen LogP contribution is 2.33. The molecule has 0 radical (unpaired) electrons. The van der Waals surface area contributed by atoms with Crippen LogP contribution in [0.3, 0.4) is 0 Å². The van der Waals surface area contributed by atoms with Gasteiger partial charge in [0.25, 0.3) is 5.91 Å². The first-order chi connectivity index (χ1) is 13.5. The van der Waals surface area contributed by atoms with Gasteiger partial charge in [0.15, 0.2) is 0 Å². The van der Waals surface area contributed by atoms with Gasteiger partial charge in [0.1, 0.15) is 17.3 Å². The van der Waals surface area contributed by atoms with Crippen LogP contribution in [-0.2, 0) is 6.54 Å². The highest BCUT2D eigenvalue weighted by molar-refractivity contribution is 5.98. The van der Waals surface area contributed by atoms with E-state index in [0.717, 1.165) is 43.4 Å². The summed E-state index contributed by atoms with van der Waals surface area (Å²) in [5.41, 5.74) is 2.49. The number of halogens is 1. The van der Waals surface area contributed by atoms with Crippen molar-refractivity contribution in [2.24, 2.45) is 11.8 Å². The number of phenols is 1. The van der Waals surface area contributed by atoms with Crippen molar-refractivity contribution in [1.29, 1.82) is 0 Å². The van der Waals surface area contributed by atoms with Gasteiger partial charge < -0.3 is 14.7 Å². The fourth-order valence-corrected chi connectivity index (χ4v) is 4.39. The predicted molar refractivity (Wildman–Crippen MR) is 105 cm³/mol. The maximum atomic E-state index is 13.5. The molecule has 28 heavy (non-hydrogen) atoms. The SMILES string of the molecule is Cc1cc(F)cc(OC[C@H]2CC[C@H](CN3Cc4ccc(O)cc4C3=O)CC2)c1. The third-order valence-electron chi connectivity index (χ3n) is 5.92. The summed E-state index contributed by atoms with van der Waals surface area (Å²) in [5, 5.41) is 9.61. The molecule has 1 N–H and O–H groups in total. The predicted octanol–water partition coefficient (Wildman–Crippen LogP) is 4.68. The summed E-state index contributed by atoms with van der Waals surface area (Å²) < 4.78 is 19.3. The zero-order valence-electron chi connectivity index (χ0n) is 16.2. The second-order valence-electron chi connectivity index (χ2n) is 8.19. The Kier molecular flexibility index (Phi) is 5.25. The molecule has 5 heteroatoms. The molecule has 0 unspecified atom stereocenters. The van der Waals surface area contributed by atoms with Crippen LogP contribution in [-0.4, -0.2) is 29.1 Å². The Labute approximate surface area is 164 Å². The quantitative estimate of drug-likeness (QED) is 0.816. The van der Waals surface area contributed by atoms with E-state index in [4.69, 9.17) is 4.74 Å². The van der Waals surface area contributed by atoms with E-state index in [1.54, 1.807) is 12.1 Å².